The minimum atomic E-state index is -3.63. The predicted molar refractivity (Wildman–Crippen MR) is 109 cm³/mol. The van der Waals surface area contributed by atoms with Crippen LogP contribution in [-0.2, 0) is 16.6 Å². The molecule has 27 heavy (non-hydrogen) atoms. The highest BCUT2D eigenvalue weighted by atomic mass is 79.9. The molecule has 0 unspecified atom stereocenters. The first-order valence-electron chi connectivity index (χ1n) is 8.15. The molecule has 0 fully saturated rings. The average molecular weight is 445 g/mol. The first-order chi connectivity index (χ1) is 12.9. The van der Waals surface area contributed by atoms with Gasteiger partial charge in [-0.1, -0.05) is 46.3 Å². The fraction of sp³-hybridized carbons (Fsp3) is 0.0500. The molecule has 0 atom stereocenters. The molecule has 1 amide bonds. The van der Waals surface area contributed by atoms with Crippen LogP contribution in [0.15, 0.2) is 88.2 Å². The summed E-state index contributed by atoms with van der Waals surface area (Å²) in [5, 5.41) is 2.74. The van der Waals surface area contributed by atoms with Crippen LogP contribution in [0.3, 0.4) is 0 Å². The molecule has 3 rings (SSSR count). The molecule has 0 aliphatic rings. The van der Waals surface area contributed by atoms with E-state index in [2.05, 4.69) is 26.0 Å². The van der Waals surface area contributed by atoms with Crippen molar-refractivity contribution < 1.29 is 13.2 Å². The van der Waals surface area contributed by atoms with Crippen LogP contribution in [0.4, 0.5) is 5.69 Å². The molecule has 3 aromatic rings. The molecular weight excluding hydrogens is 428 g/mol. The van der Waals surface area contributed by atoms with Gasteiger partial charge >= 0.3 is 0 Å². The van der Waals surface area contributed by atoms with E-state index in [-0.39, 0.29) is 17.3 Å². The molecule has 0 saturated heterocycles. The zero-order valence-corrected chi connectivity index (χ0v) is 16.6. The normalized spacial score (nSPS) is 11.1. The second kappa shape index (κ2) is 8.47. The molecule has 7 heteroatoms. The number of carbonyl (C=O) groups excluding carboxylic acids is 1. The van der Waals surface area contributed by atoms with Gasteiger partial charge in [-0.15, -0.1) is 0 Å². The Hall–Kier alpha value is -2.48. The van der Waals surface area contributed by atoms with Crippen molar-refractivity contribution in [1.82, 2.24) is 4.72 Å². The highest BCUT2D eigenvalue weighted by Gasteiger charge is 2.14. The van der Waals surface area contributed by atoms with E-state index in [0.29, 0.717) is 11.3 Å². The summed E-state index contributed by atoms with van der Waals surface area (Å²) in [4.78, 5) is 12.3. The van der Waals surface area contributed by atoms with Gasteiger partial charge in [-0.25, -0.2) is 13.1 Å². The zero-order chi connectivity index (χ0) is 19.3. The predicted octanol–water partition coefficient (Wildman–Crippen LogP) is 4.18. The number of benzene rings is 3. The van der Waals surface area contributed by atoms with Gasteiger partial charge in [-0.2, -0.15) is 0 Å². The Morgan fingerprint density at radius 1 is 0.852 bits per heavy atom. The number of hydrogen-bond donors (Lipinski definition) is 2. The lowest BCUT2D eigenvalue weighted by Gasteiger charge is -2.09. The third-order valence-corrected chi connectivity index (χ3v) is 5.78. The summed E-state index contributed by atoms with van der Waals surface area (Å²) >= 11 is 3.32. The van der Waals surface area contributed by atoms with Crippen LogP contribution in [0.25, 0.3) is 0 Å². The van der Waals surface area contributed by atoms with E-state index >= 15 is 0 Å². The molecule has 5 nitrogen and oxygen atoms in total. The van der Waals surface area contributed by atoms with Gasteiger partial charge in [0.2, 0.25) is 10.0 Å². The van der Waals surface area contributed by atoms with Gasteiger partial charge in [-0.3, -0.25) is 4.79 Å². The fourth-order valence-electron chi connectivity index (χ4n) is 2.38. The lowest BCUT2D eigenvalue weighted by molar-refractivity contribution is 0.102. The van der Waals surface area contributed by atoms with Crippen molar-refractivity contribution in [3.8, 4) is 0 Å². The minimum absolute atomic E-state index is 0.139. The van der Waals surface area contributed by atoms with Gasteiger partial charge in [0.25, 0.3) is 5.91 Å². The third kappa shape index (κ3) is 5.26. The van der Waals surface area contributed by atoms with Crippen molar-refractivity contribution in [1.29, 1.82) is 0 Å². The number of halogens is 1. The van der Waals surface area contributed by atoms with Crippen molar-refractivity contribution in [2.45, 2.75) is 11.4 Å². The largest absolute Gasteiger partial charge is 0.322 e. The number of anilines is 1. The number of hydrogen-bond acceptors (Lipinski definition) is 3. The summed E-state index contributed by atoms with van der Waals surface area (Å²) in [5.74, 6) is -0.264. The molecule has 0 aliphatic carbocycles. The first-order valence-corrected chi connectivity index (χ1v) is 10.4. The Bertz CT molecular complexity index is 1020. The smallest absolute Gasteiger partial charge is 0.255 e. The zero-order valence-electron chi connectivity index (χ0n) is 14.2. The molecule has 0 aliphatic heterocycles. The van der Waals surface area contributed by atoms with E-state index in [9.17, 15) is 13.2 Å². The molecule has 0 aromatic heterocycles. The summed E-state index contributed by atoms with van der Waals surface area (Å²) in [7, 11) is -3.63. The van der Waals surface area contributed by atoms with Crippen LogP contribution >= 0.6 is 15.9 Å². The van der Waals surface area contributed by atoms with Crippen LogP contribution in [0, 0.1) is 0 Å². The highest BCUT2D eigenvalue weighted by Crippen LogP contribution is 2.16. The number of amides is 1. The number of nitrogens with one attached hydrogen (secondary N) is 2. The number of rotatable bonds is 6. The Labute approximate surface area is 166 Å². The fourth-order valence-corrected chi connectivity index (χ4v) is 3.66. The highest BCUT2D eigenvalue weighted by molar-refractivity contribution is 9.10. The molecule has 0 radical (unpaired) electrons. The van der Waals surface area contributed by atoms with Crippen LogP contribution in [-0.4, -0.2) is 14.3 Å². The Morgan fingerprint density at radius 2 is 1.48 bits per heavy atom. The summed E-state index contributed by atoms with van der Waals surface area (Å²) in [5.41, 5.74) is 1.91. The van der Waals surface area contributed by atoms with E-state index in [1.165, 1.54) is 12.1 Å². The van der Waals surface area contributed by atoms with E-state index in [1.54, 1.807) is 36.4 Å². The SMILES string of the molecule is O=C(Nc1ccc(S(=O)(=O)NCc2ccccc2)cc1)c1ccc(Br)cc1. The molecule has 3 aromatic carbocycles. The molecule has 0 saturated carbocycles. The topological polar surface area (TPSA) is 75.3 Å². The van der Waals surface area contributed by atoms with Crippen LogP contribution in [0.5, 0.6) is 0 Å². The molecule has 2 N–H and O–H groups in total. The van der Waals surface area contributed by atoms with E-state index < -0.39 is 10.0 Å². The second-order valence-electron chi connectivity index (χ2n) is 5.80. The maximum atomic E-state index is 12.4. The lowest BCUT2D eigenvalue weighted by atomic mass is 10.2. The Balaban J connectivity index is 1.65. The van der Waals surface area contributed by atoms with E-state index in [4.69, 9.17) is 0 Å². The van der Waals surface area contributed by atoms with Crippen molar-refractivity contribution >= 4 is 37.5 Å². The van der Waals surface area contributed by atoms with Crippen LogP contribution in [0.1, 0.15) is 15.9 Å². The van der Waals surface area contributed by atoms with Gasteiger partial charge in [0.05, 0.1) is 4.90 Å². The molecular formula is C20H17BrN2O3S. The van der Waals surface area contributed by atoms with Crippen molar-refractivity contribution in [3.05, 3.63) is 94.5 Å². The molecule has 0 bridgehead atoms. The monoisotopic (exact) mass is 444 g/mol. The van der Waals surface area contributed by atoms with Crippen LogP contribution in [0.2, 0.25) is 0 Å². The quantitative estimate of drug-likeness (QED) is 0.598. The number of carbonyl (C=O) groups is 1. The molecule has 0 spiro atoms. The van der Waals surface area contributed by atoms with Gasteiger partial charge in [0.15, 0.2) is 0 Å². The van der Waals surface area contributed by atoms with Crippen LogP contribution < -0.4 is 10.0 Å². The second-order valence-corrected chi connectivity index (χ2v) is 8.48. The van der Waals surface area contributed by atoms with Crippen molar-refractivity contribution in [2.75, 3.05) is 5.32 Å². The Morgan fingerprint density at radius 3 is 2.11 bits per heavy atom. The van der Waals surface area contributed by atoms with Crippen molar-refractivity contribution in [2.24, 2.45) is 0 Å². The molecule has 0 heterocycles. The summed E-state index contributed by atoms with van der Waals surface area (Å²) in [6.07, 6.45) is 0. The summed E-state index contributed by atoms with van der Waals surface area (Å²) < 4.78 is 28.2. The first kappa shape index (κ1) is 19.3. The van der Waals surface area contributed by atoms with Gasteiger partial charge in [0, 0.05) is 22.3 Å². The summed E-state index contributed by atoms with van der Waals surface area (Å²) in [6.45, 7) is 0.214. The maximum Gasteiger partial charge on any atom is 0.255 e. The van der Waals surface area contributed by atoms with E-state index in [1.807, 2.05) is 30.3 Å². The van der Waals surface area contributed by atoms with Gasteiger partial charge < -0.3 is 5.32 Å². The van der Waals surface area contributed by atoms with Gasteiger partial charge in [0.1, 0.15) is 0 Å². The third-order valence-electron chi connectivity index (χ3n) is 3.84. The van der Waals surface area contributed by atoms with Crippen molar-refractivity contribution in [3.63, 3.8) is 0 Å². The standard InChI is InChI=1S/C20H17BrN2O3S/c21-17-8-6-16(7-9-17)20(24)23-18-10-12-19(13-11-18)27(25,26)22-14-15-4-2-1-3-5-15/h1-13,22H,14H2,(H,23,24). The molecule has 138 valence electrons. The van der Waals surface area contributed by atoms with Gasteiger partial charge in [-0.05, 0) is 54.1 Å². The Kier molecular flexibility index (Phi) is 6.05. The number of sulfonamides is 1. The summed E-state index contributed by atoms with van der Waals surface area (Å²) in [6, 6.07) is 22.3. The minimum Gasteiger partial charge on any atom is -0.322 e. The maximum absolute atomic E-state index is 12.4. The average Bonchev–Trinajstić information content (AvgIpc) is 2.68. The van der Waals surface area contributed by atoms with E-state index in [0.717, 1.165) is 10.0 Å². The lowest BCUT2D eigenvalue weighted by Crippen LogP contribution is -2.23.